The van der Waals surface area contributed by atoms with Crippen LogP contribution in [-0.4, -0.2) is 39.0 Å². The van der Waals surface area contributed by atoms with Gasteiger partial charge in [-0.1, -0.05) is 69.5 Å². The molecule has 0 aromatic heterocycles. The molecule has 0 radical (unpaired) electrons. The van der Waals surface area contributed by atoms with Gasteiger partial charge >= 0.3 is 0 Å². The molecule has 0 aromatic carbocycles. The lowest BCUT2D eigenvalue weighted by Crippen LogP contribution is -2.59. The Hall–Kier alpha value is -0.383. The summed E-state index contributed by atoms with van der Waals surface area (Å²) in [5.74, 6) is 3.66. The number of nitrogens with one attached hydrogen (secondary N) is 1. The normalized spacial score (nSPS) is 38.4. The summed E-state index contributed by atoms with van der Waals surface area (Å²) in [7, 11) is -1.37. The molecule has 1 N–H and O–H groups in total. The minimum atomic E-state index is -1.37. The topological polar surface area (TPSA) is 15.3 Å². The van der Waals surface area contributed by atoms with Crippen LogP contribution in [0.4, 0.5) is 0 Å². The van der Waals surface area contributed by atoms with Gasteiger partial charge in [0.25, 0.3) is 0 Å². The lowest BCUT2D eigenvalue weighted by Gasteiger charge is -2.45. The van der Waals surface area contributed by atoms with Crippen molar-refractivity contribution in [2.45, 2.75) is 57.2 Å². The highest BCUT2D eigenvalue weighted by atomic mass is 28.3. The first kappa shape index (κ1) is 17.1. The number of piperazine rings is 1. The first-order chi connectivity index (χ1) is 11.7. The third kappa shape index (κ3) is 3.08. The average molecular weight is 345 g/mol. The predicted molar refractivity (Wildman–Crippen MR) is 106 cm³/mol. The summed E-state index contributed by atoms with van der Waals surface area (Å²) in [6.45, 7) is 10.3. The Morgan fingerprint density at radius 3 is 2.29 bits per heavy atom. The molecule has 4 atom stereocenters. The van der Waals surface area contributed by atoms with Crippen molar-refractivity contribution in [3.63, 3.8) is 0 Å². The van der Waals surface area contributed by atoms with Crippen molar-refractivity contribution in [1.29, 1.82) is 0 Å². The standard InChI is InChI=1S/C21H36N2Si/c1-24(2,23-14-12-22-13-15-23)21-16-20(17-8-4-3-5-9-17)18-10-6-7-11-19(18)21/h6-7,10-11,17-22H,3-5,8-9,12-16H2,1-2H3. The van der Waals surface area contributed by atoms with Crippen molar-refractivity contribution < 1.29 is 0 Å². The smallest absolute Gasteiger partial charge is 0.126 e. The molecule has 4 rings (SSSR count). The molecule has 4 unspecified atom stereocenters. The number of allylic oxidation sites excluding steroid dienone is 4. The molecule has 0 bridgehead atoms. The first-order valence-electron chi connectivity index (χ1n) is 10.5. The van der Waals surface area contributed by atoms with Gasteiger partial charge in [0.05, 0.1) is 0 Å². The molecule has 24 heavy (non-hydrogen) atoms. The Balaban J connectivity index is 1.56. The molecule has 3 aliphatic carbocycles. The summed E-state index contributed by atoms with van der Waals surface area (Å²) in [6, 6.07) is 0. The Bertz CT molecular complexity index is 486. The quantitative estimate of drug-likeness (QED) is 0.762. The van der Waals surface area contributed by atoms with E-state index in [1.165, 1.54) is 64.7 Å². The van der Waals surface area contributed by atoms with Crippen LogP contribution < -0.4 is 5.32 Å². The van der Waals surface area contributed by atoms with Gasteiger partial charge in [-0.3, -0.25) is 0 Å². The number of rotatable bonds is 3. The zero-order valence-corrected chi connectivity index (χ0v) is 16.7. The van der Waals surface area contributed by atoms with Gasteiger partial charge in [0.2, 0.25) is 0 Å². The molecular formula is C21H36N2Si. The first-order valence-corrected chi connectivity index (χ1v) is 13.5. The van der Waals surface area contributed by atoms with Gasteiger partial charge in [-0.25, -0.2) is 0 Å². The fraction of sp³-hybridized carbons (Fsp3) is 0.810. The number of nitrogens with zero attached hydrogens (tertiary/aromatic N) is 1. The molecule has 4 aliphatic rings. The van der Waals surface area contributed by atoms with Crippen LogP contribution in [0, 0.1) is 23.7 Å². The van der Waals surface area contributed by atoms with Crippen LogP contribution in [-0.2, 0) is 0 Å². The molecule has 2 nitrogen and oxygen atoms in total. The third-order valence-electron chi connectivity index (χ3n) is 7.80. The molecule has 3 fully saturated rings. The maximum absolute atomic E-state index is 3.55. The second-order valence-corrected chi connectivity index (χ2v) is 13.9. The lowest BCUT2D eigenvalue weighted by molar-refractivity contribution is 0.216. The molecule has 1 aliphatic heterocycles. The number of hydrogen-bond acceptors (Lipinski definition) is 2. The van der Waals surface area contributed by atoms with E-state index < -0.39 is 8.24 Å². The average Bonchev–Trinajstić information content (AvgIpc) is 3.04. The highest BCUT2D eigenvalue weighted by Gasteiger charge is 2.52. The van der Waals surface area contributed by atoms with Crippen LogP contribution in [0.2, 0.25) is 18.6 Å². The lowest BCUT2D eigenvalue weighted by atomic mass is 9.73. The predicted octanol–water partition coefficient (Wildman–Crippen LogP) is 4.43. The summed E-state index contributed by atoms with van der Waals surface area (Å²) in [5, 5.41) is 3.55. The minimum Gasteiger partial charge on any atom is -0.321 e. The zero-order valence-electron chi connectivity index (χ0n) is 15.7. The molecule has 0 spiro atoms. The van der Waals surface area contributed by atoms with E-state index in [4.69, 9.17) is 0 Å². The fourth-order valence-electron chi connectivity index (χ4n) is 6.38. The van der Waals surface area contributed by atoms with E-state index in [9.17, 15) is 0 Å². The Kier molecular flexibility index (Phi) is 5.04. The van der Waals surface area contributed by atoms with E-state index in [1.54, 1.807) is 0 Å². The van der Waals surface area contributed by atoms with Crippen LogP contribution in [0.5, 0.6) is 0 Å². The summed E-state index contributed by atoms with van der Waals surface area (Å²) in [6.07, 6.45) is 18.9. The summed E-state index contributed by atoms with van der Waals surface area (Å²) < 4.78 is 2.92. The van der Waals surface area contributed by atoms with E-state index in [1.807, 2.05) is 0 Å². The van der Waals surface area contributed by atoms with Gasteiger partial charge in [-0.2, -0.15) is 0 Å². The molecule has 134 valence electrons. The highest BCUT2D eigenvalue weighted by Crippen LogP contribution is 2.56. The Morgan fingerprint density at radius 2 is 1.58 bits per heavy atom. The molecule has 3 heteroatoms. The van der Waals surface area contributed by atoms with E-state index in [-0.39, 0.29) is 0 Å². The largest absolute Gasteiger partial charge is 0.321 e. The monoisotopic (exact) mass is 344 g/mol. The number of hydrogen-bond donors (Lipinski definition) is 1. The second kappa shape index (κ2) is 7.09. The van der Waals surface area contributed by atoms with E-state index in [0.29, 0.717) is 0 Å². The second-order valence-electron chi connectivity index (χ2n) is 9.22. The number of fused-ring (bicyclic) bond motifs is 1. The van der Waals surface area contributed by atoms with Gasteiger partial charge in [0.1, 0.15) is 8.24 Å². The van der Waals surface area contributed by atoms with Crippen LogP contribution in [0.3, 0.4) is 0 Å². The maximum Gasteiger partial charge on any atom is 0.126 e. The van der Waals surface area contributed by atoms with Gasteiger partial charge < -0.3 is 9.88 Å². The Labute approximate surface area is 149 Å². The highest BCUT2D eigenvalue weighted by molar-refractivity contribution is 6.76. The van der Waals surface area contributed by atoms with Crippen molar-refractivity contribution in [3.05, 3.63) is 24.3 Å². The molecule has 1 saturated heterocycles. The maximum atomic E-state index is 3.55. The van der Waals surface area contributed by atoms with Crippen LogP contribution in [0.25, 0.3) is 0 Å². The van der Waals surface area contributed by atoms with E-state index in [2.05, 4.69) is 47.3 Å². The third-order valence-corrected chi connectivity index (χ3v) is 12.3. The van der Waals surface area contributed by atoms with Crippen molar-refractivity contribution in [2.75, 3.05) is 26.2 Å². The molecule has 2 saturated carbocycles. The summed E-state index contributed by atoms with van der Waals surface area (Å²) >= 11 is 0. The molecule has 1 heterocycles. The van der Waals surface area contributed by atoms with Gasteiger partial charge in [-0.05, 0) is 35.6 Å². The molecular weight excluding hydrogens is 308 g/mol. The van der Waals surface area contributed by atoms with Crippen LogP contribution >= 0.6 is 0 Å². The SMILES string of the molecule is C[Si](C)(C1CC(C2CCCCC2)C2C=CC=CC21)N1CCNCC1. The summed E-state index contributed by atoms with van der Waals surface area (Å²) in [4.78, 5) is 0. The van der Waals surface area contributed by atoms with E-state index in [0.717, 1.165) is 29.2 Å². The van der Waals surface area contributed by atoms with E-state index >= 15 is 0 Å². The van der Waals surface area contributed by atoms with Crippen molar-refractivity contribution in [1.82, 2.24) is 9.88 Å². The molecule has 0 amide bonds. The zero-order chi connectivity index (χ0) is 16.6. The van der Waals surface area contributed by atoms with Crippen molar-refractivity contribution in [2.24, 2.45) is 23.7 Å². The summed E-state index contributed by atoms with van der Waals surface area (Å²) in [5.41, 5.74) is 0.953. The fourth-order valence-corrected chi connectivity index (χ4v) is 10.4. The van der Waals surface area contributed by atoms with Gasteiger partial charge in [0, 0.05) is 26.2 Å². The van der Waals surface area contributed by atoms with Gasteiger partial charge in [-0.15, -0.1) is 0 Å². The van der Waals surface area contributed by atoms with Crippen LogP contribution in [0.1, 0.15) is 38.5 Å². The molecule has 0 aromatic rings. The Morgan fingerprint density at radius 1 is 0.917 bits per heavy atom. The van der Waals surface area contributed by atoms with Crippen molar-refractivity contribution in [3.8, 4) is 0 Å². The van der Waals surface area contributed by atoms with Gasteiger partial charge in [0.15, 0.2) is 0 Å². The van der Waals surface area contributed by atoms with Crippen LogP contribution in [0.15, 0.2) is 24.3 Å². The minimum absolute atomic E-state index is 0.832. The van der Waals surface area contributed by atoms with Crippen molar-refractivity contribution >= 4 is 8.24 Å².